The van der Waals surface area contributed by atoms with Crippen molar-refractivity contribution in [3.63, 3.8) is 0 Å². The number of hydrogen-bond donors (Lipinski definition) is 1. The summed E-state index contributed by atoms with van der Waals surface area (Å²) in [5, 5.41) is 20.5. The lowest BCUT2D eigenvalue weighted by Gasteiger charge is -2.10. The molecule has 0 heterocycles. The van der Waals surface area contributed by atoms with E-state index in [4.69, 9.17) is 9.05 Å². The van der Waals surface area contributed by atoms with Crippen LogP contribution in [0.1, 0.15) is 21.3 Å². The maximum absolute atomic E-state index is 11.8. The van der Waals surface area contributed by atoms with Crippen LogP contribution in [-0.4, -0.2) is 43.5 Å². The molecule has 0 bridgehead atoms. The van der Waals surface area contributed by atoms with E-state index in [0.717, 1.165) is 16.3 Å². The van der Waals surface area contributed by atoms with E-state index in [1.54, 1.807) is 38.1 Å². The van der Waals surface area contributed by atoms with Crippen molar-refractivity contribution in [3.05, 3.63) is 68.8 Å². The summed E-state index contributed by atoms with van der Waals surface area (Å²) in [7, 11) is -1.30. The van der Waals surface area contributed by atoms with E-state index < -0.39 is 24.0 Å². The highest BCUT2D eigenvalue weighted by molar-refractivity contribution is 8.56. The monoisotopic (exact) mass is 570 g/mol. The van der Waals surface area contributed by atoms with Gasteiger partial charge in [-0.1, -0.05) is 7.43 Å². The molecule has 15 heteroatoms. The van der Waals surface area contributed by atoms with Gasteiger partial charge in [-0.25, -0.2) is 0 Å². The van der Waals surface area contributed by atoms with Gasteiger partial charge in [0.15, 0.2) is 0 Å². The highest BCUT2D eigenvalue weighted by atomic mass is 32.7. The fraction of sp³-hybridized carbons (Fsp3) is 0.400. The Bertz CT molecular complexity index is 1010. The average Bonchev–Trinajstić information content (AvgIpc) is 2.75. The van der Waals surface area contributed by atoms with Crippen LogP contribution in [0, 0.1) is 20.2 Å². The lowest BCUT2D eigenvalue weighted by molar-refractivity contribution is -0.385. The summed E-state index contributed by atoms with van der Waals surface area (Å²) >= 11 is 5.08. The van der Waals surface area contributed by atoms with Gasteiger partial charge in [-0.2, -0.15) is 0 Å². The van der Waals surface area contributed by atoms with Crippen molar-refractivity contribution in [2.24, 2.45) is 0 Å². The van der Waals surface area contributed by atoms with Gasteiger partial charge >= 0.3 is 7.60 Å². The fourth-order valence-electron chi connectivity index (χ4n) is 1.94. The van der Waals surface area contributed by atoms with E-state index >= 15 is 0 Å². The summed E-state index contributed by atoms with van der Waals surface area (Å²) in [5.74, 6) is 0. The smallest absolute Gasteiger partial charge is 0.321 e. The van der Waals surface area contributed by atoms with E-state index in [9.17, 15) is 29.4 Å². The number of benzene rings is 2. The summed E-state index contributed by atoms with van der Waals surface area (Å²) in [6.07, 6.45) is 0. The Balaban J connectivity index is 0. The largest absolute Gasteiger partial charge is 0.327 e. The summed E-state index contributed by atoms with van der Waals surface area (Å²) in [4.78, 5) is 21.0. The van der Waals surface area contributed by atoms with E-state index in [2.05, 4.69) is 17.2 Å². The number of hydrogen-bond acceptors (Lipinski definition) is 11. The molecule has 0 aromatic heterocycles. The predicted octanol–water partition coefficient (Wildman–Crippen LogP) is 7.56. The molecule has 0 radical (unpaired) electrons. The van der Waals surface area contributed by atoms with Crippen molar-refractivity contribution in [2.45, 2.75) is 31.1 Å². The molecule has 0 N–H and O–H groups in total. The standard InChI is InChI=1S/C9H12NO4PS.C6H5NO2S.C4H11O3P.CH4/c1-3-14-15(2,13)16-9-6-4-8(5-7-9)10(11)12;8-7(9)5-1-3-6(10)4-2-5;1-4-7-8(3,5)6-2;/h4-7H,3H2,1-2H3;1-4,10H;4H2,1-3H3;1H4. The third kappa shape index (κ3) is 16.6. The average molecular weight is 571 g/mol. The van der Waals surface area contributed by atoms with Gasteiger partial charge in [0, 0.05) is 54.5 Å². The molecule has 2 unspecified atom stereocenters. The first-order chi connectivity index (χ1) is 15.8. The number of non-ortho nitro benzene ring substituents is 2. The quantitative estimate of drug-likeness (QED) is 0.138. The van der Waals surface area contributed by atoms with Gasteiger partial charge in [0.25, 0.3) is 17.9 Å². The molecule has 0 saturated heterocycles. The molecule has 0 spiro atoms. The highest BCUT2D eigenvalue weighted by Gasteiger charge is 2.17. The number of nitro groups is 2. The third-order valence-corrected chi connectivity index (χ3v) is 8.61. The second kappa shape index (κ2) is 17.7. The number of nitro benzene ring substituents is 2. The Morgan fingerprint density at radius 2 is 1.26 bits per heavy atom. The van der Waals surface area contributed by atoms with Crippen LogP contribution in [0.25, 0.3) is 0 Å². The van der Waals surface area contributed by atoms with Gasteiger partial charge in [-0.05, 0) is 49.5 Å². The minimum atomic E-state index is -2.71. The first kappa shape index (κ1) is 35.4. The Kier molecular flexibility index (Phi) is 17.9. The SMILES string of the molecule is C.CCOP(C)(=O)OC.CCOP(C)(=O)Sc1ccc([N+](=O)[O-])cc1.O=[N+]([O-])c1ccc(S)cc1. The highest BCUT2D eigenvalue weighted by Crippen LogP contribution is 2.59. The molecule has 0 aliphatic rings. The first-order valence-corrected chi connectivity index (χ1v) is 15.6. The maximum Gasteiger partial charge on any atom is 0.327 e. The molecule has 35 heavy (non-hydrogen) atoms. The van der Waals surface area contributed by atoms with Crippen molar-refractivity contribution in [2.75, 3.05) is 33.7 Å². The molecular weight excluding hydrogens is 538 g/mol. The Morgan fingerprint density at radius 3 is 1.57 bits per heavy atom. The molecule has 11 nitrogen and oxygen atoms in total. The lowest BCUT2D eigenvalue weighted by Crippen LogP contribution is -1.88. The summed E-state index contributed by atoms with van der Waals surface area (Å²) in [6, 6.07) is 11.9. The van der Waals surface area contributed by atoms with E-state index in [-0.39, 0.29) is 18.8 Å². The summed E-state index contributed by atoms with van der Waals surface area (Å²) in [6.45, 7) is 4.62. The van der Waals surface area contributed by atoms with Crippen LogP contribution < -0.4 is 0 Å². The Labute approximate surface area is 215 Å². The topological polar surface area (TPSA) is 148 Å². The maximum atomic E-state index is 11.8. The molecule has 2 rings (SSSR count). The molecule has 0 saturated carbocycles. The molecular formula is C20H32N2O9P2S2. The van der Waals surface area contributed by atoms with Crippen molar-refractivity contribution in [1.82, 2.24) is 0 Å². The van der Waals surface area contributed by atoms with E-state index in [1.807, 2.05) is 0 Å². The van der Waals surface area contributed by atoms with Crippen LogP contribution in [-0.2, 0) is 22.7 Å². The Morgan fingerprint density at radius 1 is 0.857 bits per heavy atom. The summed E-state index contributed by atoms with van der Waals surface area (Å²) in [5.41, 5.74) is 0.115. The van der Waals surface area contributed by atoms with Crippen molar-refractivity contribution in [1.29, 1.82) is 0 Å². The first-order valence-electron chi connectivity index (χ1n) is 9.64. The second-order valence-corrected chi connectivity index (χ2v) is 13.9. The lowest BCUT2D eigenvalue weighted by atomic mass is 10.3. The zero-order valence-electron chi connectivity index (χ0n) is 19.4. The van der Waals surface area contributed by atoms with Crippen molar-refractivity contribution >= 4 is 49.6 Å². The van der Waals surface area contributed by atoms with Crippen LogP contribution >= 0.6 is 38.2 Å². The third-order valence-electron chi connectivity index (χ3n) is 3.44. The molecule has 0 fully saturated rings. The fourth-order valence-corrected chi connectivity index (χ4v) is 5.82. The minimum Gasteiger partial charge on any atom is -0.321 e. The van der Waals surface area contributed by atoms with Gasteiger partial charge in [0.2, 0.25) is 0 Å². The van der Waals surface area contributed by atoms with E-state index in [1.165, 1.54) is 44.7 Å². The molecule has 0 aliphatic carbocycles. The Hall–Kier alpha value is -1.72. The van der Waals surface area contributed by atoms with Gasteiger partial charge in [-0.15, -0.1) is 12.6 Å². The molecule has 198 valence electrons. The van der Waals surface area contributed by atoms with Gasteiger partial charge in [0.1, 0.15) is 0 Å². The van der Waals surface area contributed by atoms with Crippen LogP contribution in [0.2, 0.25) is 0 Å². The van der Waals surface area contributed by atoms with Crippen molar-refractivity contribution < 1.29 is 32.5 Å². The van der Waals surface area contributed by atoms with Crippen LogP contribution in [0.3, 0.4) is 0 Å². The number of nitrogens with zero attached hydrogens (tertiary/aromatic N) is 2. The molecule has 2 aromatic carbocycles. The van der Waals surface area contributed by atoms with Crippen molar-refractivity contribution in [3.8, 4) is 0 Å². The van der Waals surface area contributed by atoms with Crippen LogP contribution in [0.5, 0.6) is 0 Å². The van der Waals surface area contributed by atoms with E-state index in [0.29, 0.717) is 18.1 Å². The number of thiol groups is 1. The van der Waals surface area contributed by atoms with Gasteiger partial charge in [-0.3, -0.25) is 29.4 Å². The molecule has 0 aliphatic heterocycles. The molecule has 2 atom stereocenters. The zero-order chi connectivity index (χ0) is 26.4. The normalized spacial score (nSPS) is 13.3. The minimum absolute atomic E-state index is 0. The van der Waals surface area contributed by atoms with Crippen LogP contribution in [0.15, 0.2) is 58.3 Å². The number of rotatable bonds is 9. The van der Waals surface area contributed by atoms with Gasteiger partial charge < -0.3 is 13.6 Å². The predicted molar refractivity (Wildman–Crippen MR) is 143 cm³/mol. The van der Waals surface area contributed by atoms with Crippen LogP contribution in [0.4, 0.5) is 11.4 Å². The molecule has 0 amide bonds. The van der Waals surface area contributed by atoms with Gasteiger partial charge in [0.05, 0.1) is 23.1 Å². The second-order valence-electron chi connectivity index (χ2n) is 6.18. The molecule has 2 aromatic rings. The zero-order valence-corrected chi connectivity index (χ0v) is 22.9. The summed E-state index contributed by atoms with van der Waals surface area (Å²) < 4.78 is 36.9.